The molecule has 0 spiro atoms. The highest BCUT2D eigenvalue weighted by Gasteiger charge is 2.41. The van der Waals surface area contributed by atoms with Crippen molar-refractivity contribution in [1.29, 1.82) is 0 Å². The Morgan fingerprint density at radius 2 is 2.32 bits per heavy atom. The van der Waals surface area contributed by atoms with Crippen LogP contribution < -0.4 is 10.1 Å². The highest BCUT2D eigenvalue weighted by atomic mass is 16.5. The smallest absolute Gasteiger partial charge is 0.251 e. The fourth-order valence-electron chi connectivity index (χ4n) is 2.87. The summed E-state index contributed by atoms with van der Waals surface area (Å²) < 4.78 is 10.6. The van der Waals surface area contributed by atoms with Gasteiger partial charge in [-0.05, 0) is 37.5 Å². The summed E-state index contributed by atoms with van der Waals surface area (Å²) in [6.07, 6.45) is 3.46. The SMILES string of the molecule is COc1ccc(C(=O)NC2CC3CCC2O3)cc1O. The highest BCUT2D eigenvalue weighted by Crippen LogP contribution is 2.34. The summed E-state index contributed by atoms with van der Waals surface area (Å²) in [6, 6.07) is 4.74. The van der Waals surface area contributed by atoms with Crippen LogP contribution in [0, 0.1) is 0 Å². The van der Waals surface area contributed by atoms with Crippen LogP contribution in [0.25, 0.3) is 0 Å². The first-order valence-electron chi connectivity index (χ1n) is 6.50. The molecule has 2 bridgehead atoms. The lowest BCUT2D eigenvalue weighted by Gasteiger charge is -2.20. The monoisotopic (exact) mass is 263 g/mol. The minimum absolute atomic E-state index is 0.0284. The van der Waals surface area contributed by atoms with E-state index in [0.29, 0.717) is 17.4 Å². The third kappa shape index (κ3) is 2.26. The molecule has 102 valence electrons. The van der Waals surface area contributed by atoms with Crippen molar-refractivity contribution in [3.8, 4) is 11.5 Å². The number of benzene rings is 1. The van der Waals surface area contributed by atoms with E-state index in [2.05, 4.69) is 5.32 Å². The standard InChI is InChI=1S/C14H17NO4/c1-18-13-4-2-8(6-11(13)16)14(17)15-10-7-9-3-5-12(10)19-9/h2,4,6,9-10,12,16H,3,5,7H2,1H3,(H,15,17). The zero-order valence-electron chi connectivity index (χ0n) is 10.8. The number of hydrogen-bond acceptors (Lipinski definition) is 4. The minimum atomic E-state index is -0.181. The number of nitrogens with one attached hydrogen (secondary N) is 1. The second kappa shape index (κ2) is 4.74. The fraction of sp³-hybridized carbons (Fsp3) is 0.500. The number of aromatic hydroxyl groups is 1. The predicted octanol–water partition coefficient (Wildman–Crippen LogP) is 1.45. The summed E-state index contributed by atoms with van der Waals surface area (Å²) in [4.78, 5) is 12.1. The number of ether oxygens (including phenoxy) is 2. The molecule has 3 rings (SSSR count). The maximum Gasteiger partial charge on any atom is 0.251 e. The molecular formula is C14H17NO4. The van der Waals surface area contributed by atoms with Gasteiger partial charge in [0.2, 0.25) is 0 Å². The normalized spacial score (nSPS) is 28.4. The molecule has 2 aliphatic heterocycles. The third-order valence-electron chi connectivity index (χ3n) is 3.86. The summed E-state index contributed by atoms with van der Waals surface area (Å²) in [7, 11) is 1.47. The fourth-order valence-corrected chi connectivity index (χ4v) is 2.87. The highest BCUT2D eigenvalue weighted by molar-refractivity contribution is 5.95. The van der Waals surface area contributed by atoms with Gasteiger partial charge in [-0.2, -0.15) is 0 Å². The van der Waals surface area contributed by atoms with Gasteiger partial charge in [-0.15, -0.1) is 0 Å². The number of hydrogen-bond donors (Lipinski definition) is 2. The maximum absolute atomic E-state index is 12.1. The Bertz CT molecular complexity index is 502. The van der Waals surface area contributed by atoms with Gasteiger partial charge in [-0.1, -0.05) is 0 Å². The summed E-state index contributed by atoms with van der Waals surface area (Å²) in [5.74, 6) is 0.151. The van der Waals surface area contributed by atoms with Crippen molar-refractivity contribution in [3.05, 3.63) is 23.8 Å². The first-order chi connectivity index (χ1) is 9.17. The number of phenolic OH excluding ortho intramolecular Hbond substituents is 1. The Balaban J connectivity index is 1.69. The van der Waals surface area contributed by atoms with E-state index in [9.17, 15) is 9.90 Å². The molecule has 1 amide bonds. The van der Waals surface area contributed by atoms with Gasteiger partial charge in [-0.25, -0.2) is 0 Å². The van der Waals surface area contributed by atoms with Crippen molar-refractivity contribution in [2.75, 3.05) is 7.11 Å². The molecule has 3 atom stereocenters. The van der Waals surface area contributed by atoms with Gasteiger partial charge in [0, 0.05) is 5.56 Å². The average molecular weight is 263 g/mol. The molecule has 2 N–H and O–H groups in total. The minimum Gasteiger partial charge on any atom is -0.504 e. The Morgan fingerprint density at radius 1 is 1.47 bits per heavy atom. The van der Waals surface area contributed by atoms with Crippen molar-refractivity contribution in [2.24, 2.45) is 0 Å². The molecule has 0 aromatic heterocycles. The van der Waals surface area contributed by atoms with Crippen LogP contribution in [0.2, 0.25) is 0 Å². The van der Waals surface area contributed by atoms with Crippen molar-refractivity contribution in [3.63, 3.8) is 0 Å². The van der Waals surface area contributed by atoms with Gasteiger partial charge in [0.1, 0.15) is 0 Å². The Morgan fingerprint density at radius 3 is 2.89 bits per heavy atom. The molecule has 2 aliphatic rings. The lowest BCUT2D eigenvalue weighted by molar-refractivity contribution is 0.0840. The Kier molecular flexibility index (Phi) is 3.06. The van der Waals surface area contributed by atoms with Crippen molar-refractivity contribution in [1.82, 2.24) is 5.32 Å². The Labute approximate surface area is 111 Å². The van der Waals surface area contributed by atoms with Gasteiger partial charge in [0.05, 0.1) is 25.4 Å². The van der Waals surface area contributed by atoms with Crippen LogP contribution in [0.15, 0.2) is 18.2 Å². The van der Waals surface area contributed by atoms with Crippen molar-refractivity contribution >= 4 is 5.91 Å². The molecule has 5 heteroatoms. The third-order valence-corrected chi connectivity index (χ3v) is 3.86. The quantitative estimate of drug-likeness (QED) is 0.866. The molecule has 2 heterocycles. The Hall–Kier alpha value is -1.75. The van der Waals surface area contributed by atoms with Gasteiger partial charge >= 0.3 is 0 Å². The lowest BCUT2D eigenvalue weighted by atomic mass is 9.95. The molecule has 1 aromatic carbocycles. The second-order valence-electron chi connectivity index (χ2n) is 5.08. The molecule has 0 aliphatic carbocycles. The van der Waals surface area contributed by atoms with Crippen LogP contribution in [0.3, 0.4) is 0 Å². The molecule has 1 aromatic rings. The van der Waals surface area contributed by atoms with Crippen LogP contribution in [0.5, 0.6) is 11.5 Å². The zero-order valence-corrected chi connectivity index (χ0v) is 10.8. The van der Waals surface area contributed by atoms with Gasteiger partial charge in [0.15, 0.2) is 11.5 Å². The molecule has 2 saturated heterocycles. The van der Waals surface area contributed by atoms with E-state index in [1.807, 2.05) is 0 Å². The molecule has 19 heavy (non-hydrogen) atoms. The van der Waals surface area contributed by atoms with E-state index >= 15 is 0 Å². The maximum atomic E-state index is 12.1. The number of carbonyl (C=O) groups excluding carboxylic acids is 1. The van der Waals surface area contributed by atoms with Crippen LogP contribution in [-0.2, 0) is 4.74 Å². The summed E-state index contributed by atoms with van der Waals surface area (Å²) >= 11 is 0. The number of carbonyl (C=O) groups is 1. The lowest BCUT2D eigenvalue weighted by Crippen LogP contribution is -2.41. The molecular weight excluding hydrogens is 246 g/mol. The number of rotatable bonds is 3. The molecule has 0 radical (unpaired) electrons. The number of methoxy groups -OCH3 is 1. The molecule has 0 saturated carbocycles. The molecule has 2 fully saturated rings. The summed E-state index contributed by atoms with van der Waals surface area (Å²) in [5, 5.41) is 12.7. The van der Waals surface area contributed by atoms with E-state index in [-0.39, 0.29) is 23.8 Å². The topological polar surface area (TPSA) is 67.8 Å². The van der Waals surface area contributed by atoms with E-state index < -0.39 is 0 Å². The first kappa shape index (κ1) is 12.3. The summed E-state index contributed by atoms with van der Waals surface area (Å²) in [5.41, 5.74) is 0.432. The van der Waals surface area contributed by atoms with Crippen molar-refractivity contribution < 1.29 is 19.4 Å². The van der Waals surface area contributed by atoms with Gasteiger partial charge in [-0.3, -0.25) is 4.79 Å². The summed E-state index contributed by atoms with van der Waals surface area (Å²) in [6.45, 7) is 0. The van der Waals surface area contributed by atoms with E-state index in [4.69, 9.17) is 9.47 Å². The van der Waals surface area contributed by atoms with Crippen molar-refractivity contribution in [2.45, 2.75) is 37.5 Å². The van der Waals surface area contributed by atoms with Crippen LogP contribution in [0.4, 0.5) is 0 Å². The number of amides is 1. The van der Waals surface area contributed by atoms with Crippen LogP contribution in [0.1, 0.15) is 29.6 Å². The first-order valence-corrected chi connectivity index (χ1v) is 6.50. The van der Waals surface area contributed by atoms with Gasteiger partial charge < -0.3 is 19.9 Å². The van der Waals surface area contributed by atoms with Gasteiger partial charge in [0.25, 0.3) is 5.91 Å². The second-order valence-corrected chi connectivity index (χ2v) is 5.08. The largest absolute Gasteiger partial charge is 0.504 e. The predicted molar refractivity (Wildman–Crippen MR) is 68.4 cm³/mol. The van der Waals surface area contributed by atoms with E-state index in [1.54, 1.807) is 12.1 Å². The van der Waals surface area contributed by atoms with E-state index in [0.717, 1.165) is 19.3 Å². The van der Waals surface area contributed by atoms with Crippen LogP contribution >= 0.6 is 0 Å². The molecule has 3 unspecified atom stereocenters. The zero-order chi connectivity index (χ0) is 13.4. The number of phenols is 1. The average Bonchev–Trinajstić information content (AvgIpc) is 3.00. The number of fused-ring (bicyclic) bond motifs is 2. The van der Waals surface area contributed by atoms with Crippen LogP contribution in [-0.4, -0.2) is 36.4 Å². The molecule has 5 nitrogen and oxygen atoms in total. The van der Waals surface area contributed by atoms with E-state index in [1.165, 1.54) is 13.2 Å².